The average molecular weight is 571 g/mol. The predicted molar refractivity (Wildman–Crippen MR) is 153 cm³/mol. The zero-order chi connectivity index (χ0) is 28.7. The molecule has 10 nitrogen and oxygen atoms in total. The summed E-state index contributed by atoms with van der Waals surface area (Å²) in [6, 6.07) is 11.9. The van der Waals surface area contributed by atoms with Crippen molar-refractivity contribution in [1.29, 1.82) is 0 Å². The number of benzene rings is 2. The molecule has 2 aliphatic heterocycles. The summed E-state index contributed by atoms with van der Waals surface area (Å²) in [5.41, 5.74) is 1.92. The van der Waals surface area contributed by atoms with Crippen molar-refractivity contribution in [1.82, 2.24) is 13.8 Å². The zero-order valence-corrected chi connectivity index (χ0v) is 24.4. The van der Waals surface area contributed by atoms with E-state index in [1.54, 1.807) is 41.7 Å². The molecule has 0 aliphatic carbocycles. The fourth-order valence-electron chi connectivity index (χ4n) is 5.86. The van der Waals surface area contributed by atoms with Gasteiger partial charge in [0, 0.05) is 37.9 Å². The fourth-order valence-corrected chi connectivity index (χ4v) is 7.55. The van der Waals surface area contributed by atoms with Crippen molar-refractivity contribution in [2.24, 2.45) is 13.0 Å². The number of rotatable bonds is 7. The molecule has 2 aliphatic rings. The maximum Gasteiger partial charge on any atom is 0.419 e. The third-order valence-corrected chi connectivity index (χ3v) is 9.78. The van der Waals surface area contributed by atoms with E-state index in [9.17, 15) is 18.0 Å². The second-order valence-corrected chi connectivity index (χ2v) is 13.5. The Hall–Kier alpha value is -2.99. The van der Waals surface area contributed by atoms with Gasteiger partial charge >= 0.3 is 5.76 Å². The van der Waals surface area contributed by atoms with E-state index in [0.29, 0.717) is 53.7 Å². The van der Waals surface area contributed by atoms with Gasteiger partial charge in [0.25, 0.3) is 0 Å². The number of ether oxygens (including phenoxy) is 1. The molecule has 2 aromatic carbocycles. The van der Waals surface area contributed by atoms with Crippen LogP contribution in [0.1, 0.15) is 38.7 Å². The Morgan fingerprint density at radius 2 is 1.90 bits per heavy atom. The SMILES string of the molecule is Cc1ccc(S(=O)(=O)N2C[C@]3(CCCN(CC(=O)Nc4ccc5c(c4)oc(=O)n5C)C3)OC[C@@H]2CC(C)C)cc1. The number of fused-ring (bicyclic) bond motifs is 1. The standard InChI is InChI=1S/C29H38N4O6S/c1-20(2)14-23-17-38-29(19-33(23)40(36,37)24-9-6-21(3)7-10-24)12-5-13-32(18-29)16-27(34)30-22-8-11-25-26(15-22)39-28(35)31(25)4/h6-11,15,20,23H,5,12-14,16-19H2,1-4H3,(H,30,34)/t23-,29+/m0/s1. The van der Waals surface area contributed by atoms with E-state index >= 15 is 0 Å². The van der Waals surface area contributed by atoms with E-state index in [2.05, 4.69) is 19.2 Å². The van der Waals surface area contributed by atoms with Gasteiger partial charge in [-0.05, 0) is 62.9 Å². The van der Waals surface area contributed by atoms with Crippen LogP contribution in [-0.4, -0.2) is 72.5 Å². The van der Waals surface area contributed by atoms with Gasteiger partial charge in [0.1, 0.15) is 0 Å². The van der Waals surface area contributed by atoms with Gasteiger partial charge in [-0.25, -0.2) is 13.2 Å². The van der Waals surface area contributed by atoms with Crippen molar-refractivity contribution in [3.05, 3.63) is 58.6 Å². The van der Waals surface area contributed by atoms with Crippen LogP contribution in [0.2, 0.25) is 0 Å². The molecule has 216 valence electrons. The van der Waals surface area contributed by atoms with E-state index < -0.39 is 21.4 Å². The van der Waals surface area contributed by atoms with Crippen molar-refractivity contribution < 1.29 is 22.4 Å². The van der Waals surface area contributed by atoms with Gasteiger partial charge in [0.05, 0.1) is 29.2 Å². The monoisotopic (exact) mass is 570 g/mol. The van der Waals surface area contributed by atoms with E-state index in [0.717, 1.165) is 18.4 Å². The summed E-state index contributed by atoms with van der Waals surface area (Å²) in [5, 5.41) is 2.89. The van der Waals surface area contributed by atoms with Crippen molar-refractivity contribution in [2.75, 3.05) is 38.1 Å². The van der Waals surface area contributed by atoms with Gasteiger partial charge in [-0.3, -0.25) is 14.3 Å². The molecule has 5 rings (SSSR count). The van der Waals surface area contributed by atoms with Crippen LogP contribution in [0, 0.1) is 12.8 Å². The number of hydrogen-bond acceptors (Lipinski definition) is 7. The molecule has 0 saturated carbocycles. The predicted octanol–water partition coefficient (Wildman–Crippen LogP) is 3.35. The first kappa shape index (κ1) is 28.5. The molecular formula is C29H38N4O6S. The number of morpholine rings is 1. The number of aromatic nitrogens is 1. The number of carbonyl (C=O) groups is 1. The highest BCUT2D eigenvalue weighted by Crippen LogP contribution is 2.35. The molecule has 3 aromatic rings. The maximum absolute atomic E-state index is 13.9. The molecule has 3 heterocycles. The van der Waals surface area contributed by atoms with Crippen LogP contribution in [0.25, 0.3) is 11.1 Å². The Kier molecular flexibility index (Phi) is 7.93. The summed E-state index contributed by atoms with van der Waals surface area (Å²) in [6.07, 6.45) is 2.23. The van der Waals surface area contributed by atoms with Crippen LogP contribution in [0.4, 0.5) is 5.69 Å². The molecule has 1 spiro atoms. The molecule has 1 amide bonds. The number of aryl methyl sites for hydroxylation is 2. The lowest BCUT2D eigenvalue weighted by molar-refractivity contribution is -0.146. The number of sulfonamides is 1. The number of anilines is 1. The first-order chi connectivity index (χ1) is 19.0. The summed E-state index contributed by atoms with van der Waals surface area (Å²) in [7, 11) is -2.10. The van der Waals surface area contributed by atoms with Gasteiger partial charge in [-0.15, -0.1) is 0 Å². The number of carbonyl (C=O) groups excluding carboxylic acids is 1. The van der Waals surface area contributed by atoms with Gasteiger partial charge in [-0.1, -0.05) is 31.5 Å². The van der Waals surface area contributed by atoms with Crippen molar-refractivity contribution in [3.8, 4) is 0 Å². The molecule has 2 saturated heterocycles. The van der Waals surface area contributed by atoms with Crippen molar-refractivity contribution in [3.63, 3.8) is 0 Å². The Labute approximate surface area is 234 Å². The highest BCUT2D eigenvalue weighted by molar-refractivity contribution is 7.89. The van der Waals surface area contributed by atoms with Crippen LogP contribution >= 0.6 is 0 Å². The van der Waals surface area contributed by atoms with E-state index in [4.69, 9.17) is 9.15 Å². The summed E-state index contributed by atoms with van der Waals surface area (Å²) in [4.78, 5) is 27.1. The molecule has 11 heteroatoms. The Morgan fingerprint density at radius 3 is 2.62 bits per heavy atom. The largest absolute Gasteiger partial charge is 0.419 e. The highest BCUT2D eigenvalue weighted by atomic mass is 32.2. The molecular weight excluding hydrogens is 532 g/mol. The molecule has 0 unspecified atom stereocenters. The van der Waals surface area contributed by atoms with Gasteiger partial charge < -0.3 is 14.5 Å². The third kappa shape index (κ3) is 5.88. The molecule has 2 fully saturated rings. The number of piperidine rings is 1. The van der Waals surface area contributed by atoms with E-state index in [-0.39, 0.29) is 25.0 Å². The van der Waals surface area contributed by atoms with Crippen LogP contribution < -0.4 is 11.1 Å². The van der Waals surface area contributed by atoms with E-state index in [1.807, 2.05) is 24.0 Å². The van der Waals surface area contributed by atoms with Crippen LogP contribution in [0.5, 0.6) is 0 Å². The number of amides is 1. The third-order valence-electron chi connectivity index (χ3n) is 7.87. The average Bonchev–Trinajstić information content (AvgIpc) is 3.17. The molecule has 40 heavy (non-hydrogen) atoms. The van der Waals surface area contributed by atoms with Crippen molar-refractivity contribution in [2.45, 2.75) is 56.6 Å². The minimum atomic E-state index is -3.73. The van der Waals surface area contributed by atoms with Gasteiger partial charge in [0.2, 0.25) is 15.9 Å². The van der Waals surface area contributed by atoms with Crippen LogP contribution in [-0.2, 0) is 26.6 Å². The fraction of sp³-hybridized carbons (Fsp3) is 0.517. The summed E-state index contributed by atoms with van der Waals surface area (Å²) in [5.74, 6) is -0.348. The minimum absolute atomic E-state index is 0.141. The molecule has 0 bridgehead atoms. The lowest BCUT2D eigenvalue weighted by atomic mass is 9.89. The maximum atomic E-state index is 13.9. The van der Waals surface area contributed by atoms with Crippen LogP contribution in [0.3, 0.4) is 0 Å². The highest BCUT2D eigenvalue weighted by Gasteiger charge is 2.47. The topological polar surface area (TPSA) is 114 Å². The van der Waals surface area contributed by atoms with E-state index in [1.165, 1.54) is 4.57 Å². The van der Waals surface area contributed by atoms with Crippen molar-refractivity contribution >= 4 is 32.7 Å². The lowest BCUT2D eigenvalue weighted by Gasteiger charge is -2.50. The summed E-state index contributed by atoms with van der Waals surface area (Å²) in [6.45, 7) is 8.01. The Morgan fingerprint density at radius 1 is 1.15 bits per heavy atom. The quantitative estimate of drug-likeness (QED) is 0.463. The van der Waals surface area contributed by atoms with Gasteiger partial charge in [-0.2, -0.15) is 4.31 Å². The zero-order valence-electron chi connectivity index (χ0n) is 23.6. The number of likely N-dealkylation sites (tertiary alicyclic amines) is 1. The number of nitrogens with zero attached hydrogens (tertiary/aromatic N) is 3. The lowest BCUT2D eigenvalue weighted by Crippen LogP contribution is -2.64. The Balaban J connectivity index is 1.30. The molecule has 0 radical (unpaired) electrons. The number of hydrogen-bond donors (Lipinski definition) is 1. The minimum Gasteiger partial charge on any atom is -0.408 e. The second-order valence-electron chi connectivity index (χ2n) is 11.6. The molecule has 1 N–H and O–H groups in total. The normalized spacial score (nSPS) is 22.8. The molecule has 1 aromatic heterocycles. The number of oxazole rings is 1. The first-order valence-electron chi connectivity index (χ1n) is 13.8. The molecule has 2 atom stereocenters. The second kappa shape index (κ2) is 11.1. The van der Waals surface area contributed by atoms with Gasteiger partial charge in [0.15, 0.2) is 5.58 Å². The van der Waals surface area contributed by atoms with Crippen LogP contribution in [0.15, 0.2) is 56.6 Å². The summed E-state index contributed by atoms with van der Waals surface area (Å²) >= 11 is 0. The Bertz CT molecular complexity index is 1540. The summed E-state index contributed by atoms with van der Waals surface area (Å²) < 4.78 is 42.5. The smallest absolute Gasteiger partial charge is 0.408 e. The first-order valence-corrected chi connectivity index (χ1v) is 15.2. The number of nitrogens with one attached hydrogen (secondary N) is 1.